The fraction of sp³-hybridized carbons (Fsp3) is 0.306. The summed E-state index contributed by atoms with van der Waals surface area (Å²) in [5.41, 5.74) is 4.93. The average molecular weight is 609 g/mol. The predicted octanol–water partition coefficient (Wildman–Crippen LogP) is 5.83. The SMILES string of the molecule is CC(C)Oc1ccc(-c2cnc(-c3ccc(C[C@H](NC(=O)c4ccc(C(C)(C)C)cc4)C(=O)NCCC(=O)O)cc3)nc2)cc1. The number of nitrogens with one attached hydrogen (secondary N) is 2. The molecule has 0 saturated heterocycles. The maximum atomic E-state index is 13.1. The summed E-state index contributed by atoms with van der Waals surface area (Å²) in [6.45, 7) is 10.2. The average Bonchev–Trinajstić information content (AvgIpc) is 3.00. The smallest absolute Gasteiger partial charge is 0.305 e. The summed E-state index contributed by atoms with van der Waals surface area (Å²) in [7, 11) is 0. The van der Waals surface area contributed by atoms with E-state index in [0.29, 0.717) is 11.4 Å². The number of ether oxygens (including phenoxy) is 1. The fourth-order valence-electron chi connectivity index (χ4n) is 4.64. The molecule has 3 N–H and O–H groups in total. The molecule has 0 spiro atoms. The van der Waals surface area contributed by atoms with E-state index in [4.69, 9.17) is 9.84 Å². The summed E-state index contributed by atoms with van der Waals surface area (Å²) in [4.78, 5) is 46.2. The number of hydrogen-bond acceptors (Lipinski definition) is 6. The molecule has 0 aliphatic carbocycles. The summed E-state index contributed by atoms with van der Waals surface area (Å²) in [6, 6.07) is 21.6. The zero-order valence-electron chi connectivity index (χ0n) is 26.3. The van der Waals surface area contributed by atoms with Gasteiger partial charge in [0.15, 0.2) is 5.82 Å². The van der Waals surface area contributed by atoms with Crippen molar-refractivity contribution in [2.75, 3.05) is 6.54 Å². The number of carboxylic acids is 1. The van der Waals surface area contributed by atoms with Crippen molar-refractivity contribution in [1.29, 1.82) is 0 Å². The van der Waals surface area contributed by atoms with Crippen LogP contribution in [-0.4, -0.2) is 51.5 Å². The number of amides is 2. The lowest BCUT2D eigenvalue weighted by Crippen LogP contribution is -2.48. The van der Waals surface area contributed by atoms with Gasteiger partial charge in [0.2, 0.25) is 5.91 Å². The summed E-state index contributed by atoms with van der Waals surface area (Å²) in [5, 5.41) is 14.4. The van der Waals surface area contributed by atoms with Gasteiger partial charge >= 0.3 is 5.97 Å². The van der Waals surface area contributed by atoms with Crippen LogP contribution in [-0.2, 0) is 21.4 Å². The number of carbonyl (C=O) groups is 3. The van der Waals surface area contributed by atoms with Gasteiger partial charge in [-0.25, -0.2) is 9.97 Å². The maximum Gasteiger partial charge on any atom is 0.305 e. The molecule has 0 fully saturated rings. The molecule has 45 heavy (non-hydrogen) atoms. The van der Waals surface area contributed by atoms with Crippen LogP contribution in [0.25, 0.3) is 22.5 Å². The van der Waals surface area contributed by atoms with Crippen molar-refractivity contribution in [3.05, 3.63) is 102 Å². The Balaban J connectivity index is 1.45. The molecular formula is C36H40N4O5. The summed E-state index contributed by atoms with van der Waals surface area (Å²) in [5.74, 6) is -0.501. The fourth-order valence-corrected chi connectivity index (χ4v) is 4.64. The maximum absolute atomic E-state index is 13.1. The third kappa shape index (κ3) is 9.47. The van der Waals surface area contributed by atoms with E-state index >= 15 is 0 Å². The van der Waals surface area contributed by atoms with Gasteiger partial charge in [0.1, 0.15) is 11.8 Å². The Morgan fingerprint density at radius 3 is 1.98 bits per heavy atom. The van der Waals surface area contributed by atoms with Gasteiger partial charge in [-0.15, -0.1) is 0 Å². The molecule has 0 bridgehead atoms. The van der Waals surface area contributed by atoms with Crippen molar-refractivity contribution < 1.29 is 24.2 Å². The van der Waals surface area contributed by atoms with E-state index in [2.05, 4.69) is 41.4 Å². The molecule has 0 unspecified atom stereocenters. The van der Waals surface area contributed by atoms with Crippen molar-refractivity contribution in [3.63, 3.8) is 0 Å². The van der Waals surface area contributed by atoms with Crippen molar-refractivity contribution >= 4 is 17.8 Å². The van der Waals surface area contributed by atoms with Crippen molar-refractivity contribution in [1.82, 2.24) is 20.6 Å². The Hall–Kier alpha value is -5.05. The van der Waals surface area contributed by atoms with Gasteiger partial charge < -0.3 is 20.5 Å². The Morgan fingerprint density at radius 2 is 1.42 bits per heavy atom. The number of aromatic nitrogens is 2. The van der Waals surface area contributed by atoms with Crippen LogP contribution in [0.4, 0.5) is 0 Å². The monoisotopic (exact) mass is 608 g/mol. The Morgan fingerprint density at radius 1 is 0.822 bits per heavy atom. The Kier molecular flexibility index (Phi) is 10.7. The molecule has 3 aromatic carbocycles. The minimum Gasteiger partial charge on any atom is -0.491 e. The molecule has 1 heterocycles. The van der Waals surface area contributed by atoms with Gasteiger partial charge in [-0.05, 0) is 60.2 Å². The molecular weight excluding hydrogens is 568 g/mol. The van der Waals surface area contributed by atoms with Gasteiger partial charge in [-0.2, -0.15) is 0 Å². The van der Waals surface area contributed by atoms with Gasteiger partial charge in [0, 0.05) is 42.0 Å². The lowest BCUT2D eigenvalue weighted by Gasteiger charge is -2.20. The van der Waals surface area contributed by atoms with Crippen LogP contribution in [0.2, 0.25) is 0 Å². The number of carbonyl (C=O) groups excluding carboxylic acids is 2. The van der Waals surface area contributed by atoms with E-state index in [0.717, 1.165) is 33.6 Å². The minimum absolute atomic E-state index is 0.0387. The van der Waals surface area contributed by atoms with E-state index in [1.165, 1.54) is 0 Å². The Labute approximate surface area is 264 Å². The zero-order valence-corrected chi connectivity index (χ0v) is 26.3. The summed E-state index contributed by atoms with van der Waals surface area (Å²) >= 11 is 0. The van der Waals surface area contributed by atoms with Crippen molar-refractivity contribution in [2.45, 2.75) is 65.0 Å². The number of hydrogen-bond donors (Lipinski definition) is 3. The van der Waals surface area contributed by atoms with Crippen LogP contribution in [0.3, 0.4) is 0 Å². The highest BCUT2D eigenvalue weighted by molar-refractivity contribution is 5.97. The molecule has 0 saturated carbocycles. The van der Waals surface area contributed by atoms with Crippen LogP contribution in [0.15, 0.2) is 85.2 Å². The highest BCUT2D eigenvalue weighted by Gasteiger charge is 2.23. The molecule has 4 aromatic rings. The first-order chi connectivity index (χ1) is 21.4. The van der Waals surface area contributed by atoms with E-state index in [1.807, 2.05) is 74.5 Å². The second-order valence-corrected chi connectivity index (χ2v) is 12.2. The topological polar surface area (TPSA) is 131 Å². The summed E-state index contributed by atoms with van der Waals surface area (Å²) < 4.78 is 5.71. The van der Waals surface area contributed by atoms with Crippen LogP contribution in [0.5, 0.6) is 5.75 Å². The van der Waals surface area contributed by atoms with Crippen LogP contribution < -0.4 is 15.4 Å². The highest BCUT2D eigenvalue weighted by Crippen LogP contribution is 2.24. The Bertz CT molecular complexity index is 1590. The minimum atomic E-state index is -1.02. The number of nitrogens with zero attached hydrogens (tertiary/aromatic N) is 2. The lowest BCUT2D eigenvalue weighted by molar-refractivity contribution is -0.137. The van der Waals surface area contributed by atoms with Gasteiger partial charge in [0.05, 0.1) is 12.5 Å². The third-order valence-corrected chi connectivity index (χ3v) is 7.14. The number of rotatable bonds is 12. The van der Waals surface area contributed by atoms with Crippen LogP contribution >= 0.6 is 0 Å². The second kappa shape index (κ2) is 14.6. The molecule has 1 aromatic heterocycles. The molecule has 9 heteroatoms. The molecule has 2 amide bonds. The van der Waals surface area contributed by atoms with Crippen molar-refractivity contribution in [2.24, 2.45) is 0 Å². The molecule has 1 atom stereocenters. The van der Waals surface area contributed by atoms with E-state index < -0.39 is 17.9 Å². The standard InChI is InChI=1S/C36H40N4O5/c1-23(2)45-30-16-12-25(13-17-30)28-21-38-33(39-22-28)26-8-6-24(7-9-26)20-31(35(44)37-19-18-32(41)42)40-34(43)27-10-14-29(15-11-27)36(3,4)5/h6-17,21-23,31H,18-20H2,1-5H3,(H,37,44)(H,40,43)(H,41,42)/t31-/m0/s1. The predicted molar refractivity (Wildman–Crippen MR) is 174 cm³/mol. The number of benzene rings is 3. The largest absolute Gasteiger partial charge is 0.491 e. The highest BCUT2D eigenvalue weighted by atomic mass is 16.5. The first-order valence-electron chi connectivity index (χ1n) is 15.0. The van der Waals surface area contributed by atoms with Gasteiger partial charge in [-0.3, -0.25) is 14.4 Å². The van der Waals surface area contributed by atoms with Crippen LogP contribution in [0, 0.1) is 0 Å². The van der Waals surface area contributed by atoms with Gasteiger partial charge in [-0.1, -0.05) is 69.3 Å². The molecule has 0 radical (unpaired) electrons. The van der Waals surface area contributed by atoms with E-state index in [9.17, 15) is 14.4 Å². The molecule has 9 nitrogen and oxygen atoms in total. The second-order valence-electron chi connectivity index (χ2n) is 12.2. The zero-order chi connectivity index (χ0) is 32.6. The quantitative estimate of drug-likeness (QED) is 0.185. The van der Waals surface area contributed by atoms with E-state index in [1.54, 1.807) is 24.5 Å². The third-order valence-electron chi connectivity index (χ3n) is 7.14. The number of carboxylic acid groups (broad SMARTS) is 1. The molecule has 234 valence electrons. The summed E-state index contributed by atoms with van der Waals surface area (Å²) in [6.07, 6.45) is 3.64. The molecule has 0 aliphatic rings. The van der Waals surface area contributed by atoms with E-state index in [-0.39, 0.29) is 36.8 Å². The first-order valence-corrected chi connectivity index (χ1v) is 15.0. The molecule has 0 aliphatic heterocycles. The van der Waals surface area contributed by atoms with Crippen molar-refractivity contribution in [3.8, 4) is 28.3 Å². The normalized spacial score (nSPS) is 12.0. The molecule has 4 rings (SSSR count). The lowest BCUT2D eigenvalue weighted by atomic mass is 9.86. The van der Waals surface area contributed by atoms with Gasteiger partial charge in [0.25, 0.3) is 5.91 Å². The first kappa shape index (κ1) is 32.9. The van der Waals surface area contributed by atoms with Crippen LogP contribution in [0.1, 0.15) is 62.5 Å². The number of aliphatic carboxylic acids is 1.